The van der Waals surface area contributed by atoms with Gasteiger partial charge in [0.25, 0.3) is 0 Å². The van der Waals surface area contributed by atoms with Crippen LogP contribution in [0.2, 0.25) is 5.02 Å². The van der Waals surface area contributed by atoms with Crippen molar-refractivity contribution in [1.82, 2.24) is 15.0 Å². The molecule has 0 radical (unpaired) electrons. The van der Waals surface area contributed by atoms with E-state index < -0.39 is 0 Å². The van der Waals surface area contributed by atoms with E-state index in [0.717, 1.165) is 15.2 Å². The summed E-state index contributed by atoms with van der Waals surface area (Å²) in [5.41, 5.74) is 1.43. The Morgan fingerprint density at radius 3 is 2.64 bits per heavy atom. The molecule has 0 amide bonds. The third kappa shape index (κ3) is 3.34. The Kier molecular flexibility index (Phi) is 4.34. The predicted octanol–water partition coefficient (Wildman–Crippen LogP) is 5.64. The summed E-state index contributed by atoms with van der Waals surface area (Å²) in [4.78, 5) is 14.9. The van der Waals surface area contributed by atoms with E-state index in [1.807, 2.05) is 30.3 Å². The number of halogens is 2. The average Bonchev–Trinajstić information content (AvgIpc) is 2.64. The molecule has 0 fully saturated rings. The standard InChI is InChI=1S/C19H11ClFN3S/c20-12-3-4-16(21)15(10-12)17-11-18(25-13-5-8-22-9-6-13)14-2-1-7-23-19(14)24-17/h1-11H. The number of pyridine rings is 3. The van der Waals surface area contributed by atoms with Crippen LogP contribution in [-0.2, 0) is 0 Å². The Morgan fingerprint density at radius 1 is 0.960 bits per heavy atom. The van der Waals surface area contributed by atoms with Crippen molar-refractivity contribution >= 4 is 34.4 Å². The number of benzene rings is 1. The largest absolute Gasteiger partial charge is 0.265 e. The van der Waals surface area contributed by atoms with E-state index in [1.54, 1.807) is 36.4 Å². The Balaban J connectivity index is 1.91. The highest BCUT2D eigenvalue weighted by molar-refractivity contribution is 7.99. The van der Waals surface area contributed by atoms with Crippen LogP contribution in [0.3, 0.4) is 0 Å². The molecule has 0 aliphatic carbocycles. The van der Waals surface area contributed by atoms with Gasteiger partial charge in [0.15, 0.2) is 5.65 Å². The van der Waals surface area contributed by atoms with Gasteiger partial charge in [-0.15, -0.1) is 0 Å². The summed E-state index contributed by atoms with van der Waals surface area (Å²) in [7, 11) is 0. The molecule has 3 nitrogen and oxygen atoms in total. The smallest absolute Gasteiger partial charge is 0.160 e. The van der Waals surface area contributed by atoms with Gasteiger partial charge in [-0.25, -0.2) is 14.4 Å². The highest BCUT2D eigenvalue weighted by Crippen LogP contribution is 2.36. The van der Waals surface area contributed by atoms with Gasteiger partial charge in [0.1, 0.15) is 5.82 Å². The first kappa shape index (κ1) is 16.0. The molecule has 3 aromatic heterocycles. The van der Waals surface area contributed by atoms with Crippen LogP contribution in [-0.4, -0.2) is 15.0 Å². The maximum Gasteiger partial charge on any atom is 0.160 e. The summed E-state index contributed by atoms with van der Waals surface area (Å²) in [6.45, 7) is 0. The molecule has 6 heteroatoms. The van der Waals surface area contributed by atoms with E-state index in [4.69, 9.17) is 11.6 Å². The van der Waals surface area contributed by atoms with Gasteiger partial charge in [-0.2, -0.15) is 0 Å². The second-order valence-corrected chi connectivity index (χ2v) is 6.84. The molecule has 4 aromatic rings. The van der Waals surface area contributed by atoms with Crippen LogP contribution < -0.4 is 0 Å². The zero-order valence-electron chi connectivity index (χ0n) is 12.9. The van der Waals surface area contributed by atoms with Crippen LogP contribution in [0.4, 0.5) is 4.39 Å². The van der Waals surface area contributed by atoms with Crippen LogP contribution in [0.1, 0.15) is 0 Å². The van der Waals surface area contributed by atoms with Gasteiger partial charge in [-0.3, -0.25) is 4.98 Å². The molecular weight excluding hydrogens is 357 g/mol. The van der Waals surface area contributed by atoms with Crippen molar-refractivity contribution in [1.29, 1.82) is 0 Å². The van der Waals surface area contributed by atoms with Crippen LogP contribution in [0.25, 0.3) is 22.3 Å². The van der Waals surface area contributed by atoms with Crippen LogP contribution in [0, 0.1) is 5.82 Å². The lowest BCUT2D eigenvalue weighted by Crippen LogP contribution is -1.93. The number of aromatic nitrogens is 3. The Bertz CT molecular complexity index is 1060. The maximum atomic E-state index is 14.3. The van der Waals surface area contributed by atoms with E-state index in [0.29, 0.717) is 21.9 Å². The first-order valence-corrected chi connectivity index (χ1v) is 8.69. The van der Waals surface area contributed by atoms with Gasteiger partial charge >= 0.3 is 0 Å². The molecule has 0 bridgehead atoms. The first-order valence-electron chi connectivity index (χ1n) is 7.50. The highest BCUT2D eigenvalue weighted by Gasteiger charge is 2.13. The molecule has 0 spiro atoms. The second kappa shape index (κ2) is 6.78. The number of nitrogens with zero attached hydrogens (tertiary/aromatic N) is 3. The monoisotopic (exact) mass is 367 g/mol. The van der Waals surface area contributed by atoms with Crippen molar-refractivity contribution in [2.45, 2.75) is 9.79 Å². The van der Waals surface area contributed by atoms with Crippen LogP contribution in [0.15, 0.2) is 76.9 Å². The molecule has 0 N–H and O–H groups in total. The van der Waals surface area contributed by atoms with Crippen molar-refractivity contribution in [3.63, 3.8) is 0 Å². The molecule has 25 heavy (non-hydrogen) atoms. The average molecular weight is 368 g/mol. The minimum atomic E-state index is -0.368. The second-order valence-electron chi connectivity index (χ2n) is 5.29. The van der Waals surface area contributed by atoms with Gasteiger partial charge in [0, 0.05) is 44.4 Å². The lowest BCUT2D eigenvalue weighted by molar-refractivity contribution is 0.631. The Labute approximate surface area is 152 Å². The quantitative estimate of drug-likeness (QED) is 0.470. The molecule has 0 saturated heterocycles. The van der Waals surface area contributed by atoms with E-state index in [1.165, 1.54) is 12.1 Å². The van der Waals surface area contributed by atoms with Gasteiger partial charge in [-0.05, 0) is 48.5 Å². The van der Waals surface area contributed by atoms with Crippen LogP contribution >= 0.6 is 23.4 Å². The maximum absolute atomic E-state index is 14.3. The zero-order valence-corrected chi connectivity index (χ0v) is 14.4. The number of rotatable bonds is 3. The first-order chi connectivity index (χ1) is 12.2. The fraction of sp³-hybridized carbons (Fsp3) is 0. The highest BCUT2D eigenvalue weighted by atomic mass is 35.5. The van der Waals surface area contributed by atoms with E-state index in [-0.39, 0.29) is 5.82 Å². The molecule has 1 aromatic carbocycles. The lowest BCUT2D eigenvalue weighted by atomic mass is 10.1. The van der Waals surface area contributed by atoms with Crippen molar-refractivity contribution < 1.29 is 4.39 Å². The number of fused-ring (bicyclic) bond motifs is 1. The molecule has 0 aliphatic rings. The molecule has 0 aliphatic heterocycles. The Hall–Kier alpha value is -2.50. The summed E-state index contributed by atoms with van der Waals surface area (Å²) in [6.07, 6.45) is 5.15. The minimum absolute atomic E-state index is 0.358. The summed E-state index contributed by atoms with van der Waals surface area (Å²) >= 11 is 7.59. The fourth-order valence-corrected chi connectivity index (χ4v) is 3.60. The molecule has 4 rings (SSSR count). The van der Waals surface area contributed by atoms with E-state index in [9.17, 15) is 4.39 Å². The third-order valence-corrected chi connectivity index (χ3v) is 4.93. The summed E-state index contributed by atoms with van der Waals surface area (Å²) in [6, 6.07) is 14.0. The van der Waals surface area contributed by atoms with Crippen molar-refractivity contribution in [3.05, 3.63) is 78.0 Å². The molecule has 0 unspecified atom stereocenters. The molecule has 0 atom stereocenters. The summed E-state index contributed by atoms with van der Waals surface area (Å²) in [5, 5.41) is 1.37. The number of hydrogen-bond donors (Lipinski definition) is 0. The van der Waals surface area contributed by atoms with Gasteiger partial charge in [-0.1, -0.05) is 23.4 Å². The zero-order chi connectivity index (χ0) is 17.2. The normalized spacial score (nSPS) is 11.0. The minimum Gasteiger partial charge on any atom is -0.265 e. The van der Waals surface area contributed by atoms with Gasteiger partial charge in [0.05, 0.1) is 5.69 Å². The van der Waals surface area contributed by atoms with Gasteiger partial charge in [0.2, 0.25) is 0 Å². The van der Waals surface area contributed by atoms with Crippen molar-refractivity contribution in [3.8, 4) is 11.3 Å². The predicted molar refractivity (Wildman–Crippen MR) is 98.3 cm³/mol. The molecule has 122 valence electrons. The van der Waals surface area contributed by atoms with E-state index in [2.05, 4.69) is 15.0 Å². The summed E-state index contributed by atoms with van der Waals surface area (Å²) < 4.78 is 14.3. The topological polar surface area (TPSA) is 38.7 Å². The van der Waals surface area contributed by atoms with Crippen LogP contribution in [0.5, 0.6) is 0 Å². The van der Waals surface area contributed by atoms with E-state index >= 15 is 0 Å². The number of hydrogen-bond acceptors (Lipinski definition) is 4. The van der Waals surface area contributed by atoms with Crippen molar-refractivity contribution in [2.24, 2.45) is 0 Å². The summed E-state index contributed by atoms with van der Waals surface area (Å²) in [5.74, 6) is -0.368. The lowest BCUT2D eigenvalue weighted by Gasteiger charge is -2.10. The Morgan fingerprint density at radius 2 is 1.80 bits per heavy atom. The SMILES string of the molecule is Fc1ccc(Cl)cc1-c1cc(Sc2ccncc2)c2cccnc2n1. The van der Waals surface area contributed by atoms with Gasteiger partial charge < -0.3 is 0 Å². The molecule has 0 saturated carbocycles. The molecular formula is C19H11ClFN3S. The third-order valence-electron chi connectivity index (χ3n) is 3.63. The fourth-order valence-electron chi connectivity index (χ4n) is 2.48. The molecule has 3 heterocycles. The van der Waals surface area contributed by atoms with Crippen molar-refractivity contribution in [2.75, 3.05) is 0 Å².